The maximum atomic E-state index is 10.7. The van der Waals surface area contributed by atoms with Gasteiger partial charge in [0.05, 0.1) is 13.7 Å². The highest BCUT2D eigenvalue weighted by atomic mass is 16.7. The molecule has 74 valence electrons. The third-order valence-electron chi connectivity index (χ3n) is 1.68. The van der Waals surface area contributed by atoms with E-state index < -0.39 is 5.79 Å². The lowest BCUT2D eigenvalue weighted by atomic mass is 10.3. The van der Waals surface area contributed by atoms with Crippen molar-refractivity contribution in [1.29, 1.82) is 0 Å². The van der Waals surface area contributed by atoms with E-state index >= 15 is 0 Å². The van der Waals surface area contributed by atoms with Crippen molar-refractivity contribution in [3.05, 3.63) is 12.2 Å². The molecule has 4 nitrogen and oxygen atoms in total. The van der Waals surface area contributed by atoms with Crippen LogP contribution in [0.25, 0.3) is 0 Å². The molecule has 1 fully saturated rings. The molecule has 1 aliphatic rings. The SMILES string of the molecule is COC(=O)/C=C\C1COC(C)(C)O1. The molecule has 1 rings (SSSR count). The molecule has 4 heteroatoms. The van der Waals surface area contributed by atoms with Crippen LogP contribution in [0.1, 0.15) is 13.8 Å². The summed E-state index contributed by atoms with van der Waals surface area (Å²) < 4.78 is 15.2. The second-order valence-electron chi connectivity index (χ2n) is 3.25. The number of hydrogen-bond donors (Lipinski definition) is 0. The molecule has 0 spiro atoms. The zero-order valence-corrected chi connectivity index (χ0v) is 8.07. The molecule has 0 aromatic carbocycles. The van der Waals surface area contributed by atoms with E-state index in [-0.39, 0.29) is 12.1 Å². The molecule has 1 atom stereocenters. The van der Waals surface area contributed by atoms with E-state index in [1.807, 2.05) is 13.8 Å². The molecule has 0 bridgehead atoms. The lowest BCUT2D eigenvalue weighted by Gasteiger charge is -2.15. The third kappa shape index (κ3) is 3.16. The summed E-state index contributed by atoms with van der Waals surface area (Å²) in [7, 11) is 1.34. The highest BCUT2D eigenvalue weighted by Crippen LogP contribution is 2.22. The van der Waals surface area contributed by atoms with Gasteiger partial charge in [0.25, 0.3) is 0 Å². The summed E-state index contributed by atoms with van der Waals surface area (Å²) in [6.45, 7) is 4.14. The van der Waals surface area contributed by atoms with Crippen molar-refractivity contribution in [2.75, 3.05) is 13.7 Å². The van der Waals surface area contributed by atoms with Crippen LogP contribution >= 0.6 is 0 Å². The number of carbonyl (C=O) groups is 1. The van der Waals surface area contributed by atoms with Gasteiger partial charge in [-0.3, -0.25) is 0 Å². The lowest BCUT2D eigenvalue weighted by Crippen LogP contribution is -2.20. The Labute approximate surface area is 77.5 Å². The summed E-state index contributed by atoms with van der Waals surface area (Å²) in [5, 5.41) is 0. The van der Waals surface area contributed by atoms with E-state index in [1.165, 1.54) is 13.2 Å². The second kappa shape index (κ2) is 3.89. The monoisotopic (exact) mass is 186 g/mol. The molecule has 1 heterocycles. The van der Waals surface area contributed by atoms with Gasteiger partial charge < -0.3 is 14.2 Å². The van der Waals surface area contributed by atoms with Gasteiger partial charge in [-0.1, -0.05) is 0 Å². The van der Waals surface area contributed by atoms with Gasteiger partial charge >= 0.3 is 5.97 Å². The van der Waals surface area contributed by atoms with Crippen LogP contribution in [0.5, 0.6) is 0 Å². The molecule has 13 heavy (non-hydrogen) atoms. The van der Waals surface area contributed by atoms with Gasteiger partial charge in [0.15, 0.2) is 5.79 Å². The number of rotatable bonds is 2. The normalized spacial score (nSPS) is 26.5. The van der Waals surface area contributed by atoms with Crippen molar-refractivity contribution in [3.63, 3.8) is 0 Å². The molecule has 0 aromatic heterocycles. The first-order valence-corrected chi connectivity index (χ1v) is 4.11. The third-order valence-corrected chi connectivity index (χ3v) is 1.68. The van der Waals surface area contributed by atoms with Gasteiger partial charge in [0.2, 0.25) is 0 Å². The van der Waals surface area contributed by atoms with Gasteiger partial charge in [0.1, 0.15) is 6.10 Å². The van der Waals surface area contributed by atoms with Crippen LogP contribution in [0, 0.1) is 0 Å². The van der Waals surface area contributed by atoms with Crippen LogP contribution in [0.4, 0.5) is 0 Å². The molecule has 1 unspecified atom stereocenters. The van der Waals surface area contributed by atoms with E-state index in [9.17, 15) is 4.79 Å². The molecule has 0 amide bonds. The van der Waals surface area contributed by atoms with E-state index in [0.29, 0.717) is 6.61 Å². The Balaban J connectivity index is 2.40. The smallest absolute Gasteiger partial charge is 0.330 e. The van der Waals surface area contributed by atoms with E-state index in [1.54, 1.807) is 6.08 Å². The number of carbonyl (C=O) groups excluding carboxylic acids is 1. The highest BCUT2D eigenvalue weighted by molar-refractivity contribution is 5.81. The van der Waals surface area contributed by atoms with Crippen molar-refractivity contribution < 1.29 is 19.0 Å². The number of methoxy groups -OCH3 is 1. The Hall–Kier alpha value is -0.870. The molecule has 1 saturated heterocycles. The maximum Gasteiger partial charge on any atom is 0.330 e. The fourth-order valence-electron chi connectivity index (χ4n) is 1.06. The van der Waals surface area contributed by atoms with Crippen LogP contribution in [-0.2, 0) is 19.0 Å². The first kappa shape index (κ1) is 10.2. The van der Waals surface area contributed by atoms with E-state index in [2.05, 4.69) is 4.74 Å². The van der Waals surface area contributed by atoms with Crippen LogP contribution in [0.3, 0.4) is 0 Å². The second-order valence-corrected chi connectivity index (χ2v) is 3.25. The largest absolute Gasteiger partial charge is 0.466 e. The number of ether oxygens (including phenoxy) is 3. The summed E-state index contributed by atoms with van der Waals surface area (Å²) in [6.07, 6.45) is 2.82. The Morgan fingerprint density at radius 2 is 2.31 bits per heavy atom. The Kier molecular flexibility index (Phi) is 3.06. The summed E-state index contributed by atoms with van der Waals surface area (Å²) >= 11 is 0. The number of esters is 1. The minimum absolute atomic E-state index is 0.158. The summed E-state index contributed by atoms with van der Waals surface area (Å²) in [5.41, 5.74) is 0. The van der Waals surface area contributed by atoms with Gasteiger partial charge in [-0.05, 0) is 19.9 Å². The Morgan fingerprint density at radius 3 is 2.77 bits per heavy atom. The summed E-state index contributed by atoms with van der Waals surface area (Å²) in [4.78, 5) is 10.7. The van der Waals surface area contributed by atoms with Gasteiger partial charge in [0, 0.05) is 6.08 Å². The van der Waals surface area contributed by atoms with Crippen molar-refractivity contribution in [2.45, 2.75) is 25.7 Å². The average molecular weight is 186 g/mol. The molecule has 0 saturated carbocycles. The van der Waals surface area contributed by atoms with Crippen LogP contribution in [0.2, 0.25) is 0 Å². The molecule has 0 aromatic rings. The maximum absolute atomic E-state index is 10.7. The fourth-order valence-corrected chi connectivity index (χ4v) is 1.06. The first-order chi connectivity index (χ1) is 6.03. The van der Waals surface area contributed by atoms with E-state index in [4.69, 9.17) is 9.47 Å². The molecular formula is C9H14O4. The fraction of sp³-hybridized carbons (Fsp3) is 0.667. The van der Waals surface area contributed by atoms with Crippen LogP contribution in [-0.4, -0.2) is 31.6 Å². The van der Waals surface area contributed by atoms with Crippen molar-refractivity contribution in [1.82, 2.24) is 0 Å². The highest BCUT2D eigenvalue weighted by Gasteiger charge is 2.30. The molecular weight excluding hydrogens is 172 g/mol. The molecule has 1 aliphatic heterocycles. The van der Waals surface area contributed by atoms with E-state index in [0.717, 1.165) is 0 Å². The van der Waals surface area contributed by atoms with Gasteiger partial charge in [-0.25, -0.2) is 4.79 Å². The standard InChI is InChI=1S/C9H14O4/c1-9(2)12-6-7(13-9)4-5-8(10)11-3/h4-5,7H,6H2,1-3H3/b5-4-. The quantitative estimate of drug-likeness (QED) is 0.474. The van der Waals surface area contributed by atoms with Gasteiger partial charge in [-0.2, -0.15) is 0 Å². The zero-order valence-electron chi connectivity index (χ0n) is 8.07. The van der Waals surface area contributed by atoms with Crippen molar-refractivity contribution in [3.8, 4) is 0 Å². The van der Waals surface area contributed by atoms with Gasteiger partial charge in [-0.15, -0.1) is 0 Å². The Morgan fingerprint density at radius 1 is 1.62 bits per heavy atom. The average Bonchev–Trinajstić information content (AvgIpc) is 2.41. The van der Waals surface area contributed by atoms with Crippen molar-refractivity contribution >= 4 is 5.97 Å². The molecule has 0 N–H and O–H groups in total. The summed E-state index contributed by atoms with van der Waals surface area (Å²) in [6, 6.07) is 0. The number of hydrogen-bond acceptors (Lipinski definition) is 4. The minimum Gasteiger partial charge on any atom is -0.466 e. The topological polar surface area (TPSA) is 44.8 Å². The first-order valence-electron chi connectivity index (χ1n) is 4.11. The molecule has 0 aliphatic carbocycles. The predicted molar refractivity (Wildman–Crippen MR) is 46.1 cm³/mol. The predicted octanol–water partition coefficient (Wildman–Crippen LogP) is 0.867. The lowest BCUT2D eigenvalue weighted by molar-refractivity contribution is -0.136. The zero-order chi connectivity index (χ0) is 9.90. The van der Waals surface area contributed by atoms with Crippen LogP contribution in [0.15, 0.2) is 12.2 Å². The van der Waals surface area contributed by atoms with Crippen LogP contribution < -0.4 is 0 Å². The summed E-state index contributed by atoms with van der Waals surface area (Å²) in [5.74, 6) is -0.932. The minimum atomic E-state index is -0.550. The van der Waals surface area contributed by atoms with Crippen molar-refractivity contribution in [2.24, 2.45) is 0 Å². The Bertz CT molecular complexity index is 220. The molecule has 0 radical (unpaired) electrons.